The standard InChI is InChI=1S/C20H16FN5O/c21-14-5-9-16(10-6-14)25-20(27)24-15-7-3-13(4-8-15)17-2-1-11-26-18(17)12-23-19(26)22/h1-12H,(H2,22,23)(H2,24,25,27). The molecule has 0 unspecified atom stereocenters. The summed E-state index contributed by atoms with van der Waals surface area (Å²) < 4.78 is 14.7. The van der Waals surface area contributed by atoms with Crippen LogP contribution in [0.1, 0.15) is 0 Å². The Morgan fingerprint density at radius 2 is 1.59 bits per heavy atom. The first-order chi connectivity index (χ1) is 13.1. The van der Waals surface area contributed by atoms with E-state index < -0.39 is 6.03 Å². The number of nitrogens with two attached hydrogens (primary N) is 1. The lowest BCUT2D eigenvalue weighted by Crippen LogP contribution is -2.19. The number of aromatic nitrogens is 2. The zero-order chi connectivity index (χ0) is 18.8. The molecule has 4 aromatic rings. The van der Waals surface area contributed by atoms with Crippen molar-refractivity contribution in [3.63, 3.8) is 0 Å². The van der Waals surface area contributed by atoms with Gasteiger partial charge >= 0.3 is 6.03 Å². The highest BCUT2D eigenvalue weighted by atomic mass is 19.1. The van der Waals surface area contributed by atoms with E-state index >= 15 is 0 Å². The van der Waals surface area contributed by atoms with Crippen LogP contribution in [0.3, 0.4) is 0 Å². The minimum atomic E-state index is -0.403. The number of carbonyl (C=O) groups is 1. The number of hydrogen-bond acceptors (Lipinski definition) is 3. The fourth-order valence-corrected chi connectivity index (χ4v) is 2.85. The Balaban J connectivity index is 1.50. The second-order valence-corrected chi connectivity index (χ2v) is 5.96. The maximum Gasteiger partial charge on any atom is 0.323 e. The largest absolute Gasteiger partial charge is 0.369 e. The minimum absolute atomic E-state index is 0.355. The van der Waals surface area contributed by atoms with Crippen molar-refractivity contribution in [3.05, 3.63) is 78.9 Å². The van der Waals surface area contributed by atoms with Crippen LogP contribution in [-0.2, 0) is 0 Å². The van der Waals surface area contributed by atoms with Crippen LogP contribution < -0.4 is 16.4 Å². The molecule has 2 aromatic carbocycles. The molecule has 0 aliphatic rings. The van der Waals surface area contributed by atoms with Crippen molar-refractivity contribution in [1.29, 1.82) is 0 Å². The fourth-order valence-electron chi connectivity index (χ4n) is 2.85. The average molecular weight is 361 g/mol. The number of imidazole rings is 1. The number of benzene rings is 2. The molecule has 0 saturated heterocycles. The topological polar surface area (TPSA) is 84.4 Å². The van der Waals surface area contributed by atoms with E-state index in [0.717, 1.165) is 16.6 Å². The molecule has 0 bridgehead atoms. The lowest BCUT2D eigenvalue weighted by Gasteiger charge is -2.09. The summed E-state index contributed by atoms with van der Waals surface area (Å²) in [7, 11) is 0. The van der Waals surface area contributed by atoms with Crippen LogP contribution in [0.15, 0.2) is 73.1 Å². The van der Waals surface area contributed by atoms with E-state index in [1.54, 1.807) is 6.20 Å². The van der Waals surface area contributed by atoms with Crippen LogP contribution >= 0.6 is 0 Å². The van der Waals surface area contributed by atoms with Crippen molar-refractivity contribution >= 4 is 28.9 Å². The van der Waals surface area contributed by atoms with E-state index in [9.17, 15) is 9.18 Å². The minimum Gasteiger partial charge on any atom is -0.369 e. The van der Waals surface area contributed by atoms with Gasteiger partial charge in [-0.1, -0.05) is 18.2 Å². The molecule has 0 aliphatic carbocycles. The van der Waals surface area contributed by atoms with Crippen LogP contribution in [0, 0.1) is 5.82 Å². The van der Waals surface area contributed by atoms with E-state index in [1.807, 2.05) is 47.0 Å². The van der Waals surface area contributed by atoms with Crippen molar-refractivity contribution in [2.75, 3.05) is 16.4 Å². The van der Waals surface area contributed by atoms with E-state index in [-0.39, 0.29) is 5.82 Å². The number of nitrogens with zero attached hydrogens (tertiary/aromatic N) is 2. The van der Waals surface area contributed by atoms with E-state index in [2.05, 4.69) is 15.6 Å². The first-order valence-electron chi connectivity index (χ1n) is 8.26. The van der Waals surface area contributed by atoms with Crippen molar-refractivity contribution in [1.82, 2.24) is 9.38 Å². The molecule has 134 valence electrons. The summed E-state index contributed by atoms with van der Waals surface area (Å²) in [6.45, 7) is 0. The van der Waals surface area contributed by atoms with E-state index in [1.165, 1.54) is 24.3 Å². The molecular formula is C20H16FN5O. The van der Waals surface area contributed by atoms with Gasteiger partial charge in [-0.15, -0.1) is 0 Å². The number of anilines is 3. The number of halogens is 1. The Labute approximate surface area is 154 Å². The van der Waals surface area contributed by atoms with Crippen LogP contribution in [-0.4, -0.2) is 15.4 Å². The lowest BCUT2D eigenvalue weighted by molar-refractivity contribution is 0.262. The number of fused-ring (bicyclic) bond motifs is 1. The molecule has 2 amide bonds. The number of nitrogens with one attached hydrogen (secondary N) is 2. The smallest absolute Gasteiger partial charge is 0.323 e. The Morgan fingerprint density at radius 1 is 0.963 bits per heavy atom. The molecule has 7 heteroatoms. The van der Waals surface area contributed by atoms with Gasteiger partial charge in [-0.25, -0.2) is 14.2 Å². The second-order valence-electron chi connectivity index (χ2n) is 5.96. The maximum absolute atomic E-state index is 12.9. The third-order valence-corrected chi connectivity index (χ3v) is 4.16. The first kappa shape index (κ1) is 16.6. The van der Waals surface area contributed by atoms with Gasteiger partial charge in [0.1, 0.15) is 5.82 Å². The van der Waals surface area contributed by atoms with Crippen molar-refractivity contribution in [3.8, 4) is 11.1 Å². The first-order valence-corrected chi connectivity index (χ1v) is 8.26. The molecule has 0 atom stereocenters. The third kappa shape index (κ3) is 3.43. The van der Waals surface area contributed by atoms with Gasteiger partial charge in [-0.2, -0.15) is 0 Å². The quantitative estimate of drug-likeness (QED) is 0.507. The molecule has 0 saturated carbocycles. The number of carbonyl (C=O) groups excluding carboxylic acids is 1. The van der Waals surface area contributed by atoms with Gasteiger partial charge in [0.15, 0.2) is 0 Å². The number of hydrogen-bond donors (Lipinski definition) is 3. The summed E-state index contributed by atoms with van der Waals surface area (Å²) in [5, 5.41) is 5.39. The summed E-state index contributed by atoms with van der Waals surface area (Å²) >= 11 is 0. The summed E-state index contributed by atoms with van der Waals surface area (Å²) in [4.78, 5) is 16.2. The average Bonchev–Trinajstić information content (AvgIpc) is 3.06. The van der Waals surface area contributed by atoms with Gasteiger partial charge in [-0.3, -0.25) is 4.40 Å². The maximum atomic E-state index is 12.9. The molecule has 2 aromatic heterocycles. The molecule has 2 heterocycles. The number of nitrogen functional groups attached to an aromatic ring is 1. The van der Waals surface area contributed by atoms with Gasteiger partial charge < -0.3 is 16.4 Å². The van der Waals surface area contributed by atoms with Gasteiger partial charge in [-0.05, 0) is 48.0 Å². The highest BCUT2D eigenvalue weighted by Gasteiger charge is 2.08. The number of pyridine rings is 1. The van der Waals surface area contributed by atoms with E-state index in [4.69, 9.17) is 5.73 Å². The SMILES string of the molecule is Nc1ncc2c(-c3ccc(NC(=O)Nc4ccc(F)cc4)cc3)cccn12. The van der Waals surface area contributed by atoms with E-state index in [0.29, 0.717) is 17.3 Å². The Kier molecular flexibility index (Phi) is 4.18. The summed E-state index contributed by atoms with van der Waals surface area (Å²) in [5.74, 6) is 0.0779. The molecule has 0 spiro atoms. The predicted molar refractivity (Wildman–Crippen MR) is 104 cm³/mol. The molecule has 0 fully saturated rings. The zero-order valence-corrected chi connectivity index (χ0v) is 14.2. The monoisotopic (exact) mass is 361 g/mol. The normalized spacial score (nSPS) is 10.7. The second kappa shape index (κ2) is 6.80. The third-order valence-electron chi connectivity index (χ3n) is 4.16. The molecule has 0 radical (unpaired) electrons. The molecule has 0 aliphatic heterocycles. The van der Waals surface area contributed by atoms with Crippen LogP contribution in [0.4, 0.5) is 26.5 Å². The van der Waals surface area contributed by atoms with Gasteiger partial charge in [0.05, 0.1) is 11.7 Å². The van der Waals surface area contributed by atoms with Crippen molar-refractivity contribution in [2.24, 2.45) is 0 Å². The summed E-state index contributed by atoms with van der Waals surface area (Å²) in [6.07, 6.45) is 3.59. The number of amides is 2. The summed E-state index contributed by atoms with van der Waals surface area (Å²) in [5.41, 5.74) is 9.87. The summed E-state index contributed by atoms with van der Waals surface area (Å²) in [6, 6.07) is 16.5. The number of rotatable bonds is 3. The Morgan fingerprint density at radius 3 is 2.26 bits per heavy atom. The molecule has 4 rings (SSSR count). The van der Waals surface area contributed by atoms with Crippen LogP contribution in [0.5, 0.6) is 0 Å². The molecule has 4 N–H and O–H groups in total. The van der Waals surface area contributed by atoms with Crippen LogP contribution in [0.25, 0.3) is 16.6 Å². The predicted octanol–water partition coefficient (Wildman–Crippen LogP) is 4.37. The van der Waals surface area contributed by atoms with Crippen molar-refractivity contribution < 1.29 is 9.18 Å². The molecule has 6 nitrogen and oxygen atoms in total. The van der Waals surface area contributed by atoms with Crippen LogP contribution in [0.2, 0.25) is 0 Å². The lowest BCUT2D eigenvalue weighted by atomic mass is 10.1. The number of urea groups is 1. The molecular weight excluding hydrogens is 345 g/mol. The Bertz CT molecular complexity index is 1100. The van der Waals surface area contributed by atoms with Gasteiger partial charge in [0, 0.05) is 23.1 Å². The highest BCUT2D eigenvalue weighted by Crippen LogP contribution is 2.27. The molecule has 27 heavy (non-hydrogen) atoms. The fraction of sp³-hybridized carbons (Fsp3) is 0. The zero-order valence-electron chi connectivity index (χ0n) is 14.2. The van der Waals surface area contributed by atoms with Gasteiger partial charge in [0.25, 0.3) is 0 Å². The van der Waals surface area contributed by atoms with Gasteiger partial charge in [0.2, 0.25) is 5.95 Å². The highest BCUT2D eigenvalue weighted by molar-refractivity contribution is 5.99. The van der Waals surface area contributed by atoms with Crippen molar-refractivity contribution in [2.45, 2.75) is 0 Å². The Hall–Kier alpha value is -3.87.